The number of Topliss-reactive ketones (excluding diaryl/α,β-unsaturated/α-hetero) is 1. The molecule has 0 saturated carbocycles. The van der Waals surface area contributed by atoms with E-state index in [1.165, 1.54) is 23.9 Å². The van der Waals surface area contributed by atoms with Gasteiger partial charge in [-0.1, -0.05) is 58.0 Å². The molecule has 1 aromatic carbocycles. The highest BCUT2D eigenvalue weighted by Crippen LogP contribution is 2.13. The number of nitrogens with zero attached hydrogens (tertiary/aromatic N) is 2. The van der Waals surface area contributed by atoms with Crippen molar-refractivity contribution in [1.82, 2.24) is 30.9 Å². The third-order valence-electron chi connectivity index (χ3n) is 6.03. The van der Waals surface area contributed by atoms with Crippen molar-refractivity contribution in [3.63, 3.8) is 0 Å². The zero-order chi connectivity index (χ0) is 29.1. The van der Waals surface area contributed by atoms with Crippen molar-refractivity contribution in [2.24, 2.45) is 11.8 Å². The SMILES string of the molecule is CC(C)C[C@@H](NC(=O)[C@H](NC(=O)OCc1ccccc1)C(C)C)C(=O)N[C@H](Cc1cnc[nH]1)C(=O)c1nccs1. The first-order valence-electron chi connectivity index (χ1n) is 13.1. The van der Waals surface area contributed by atoms with E-state index in [4.69, 9.17) is 4.74 Å². The lowest BCUT2D eigenvalue weighted by atomic mass is 9.99. The number of ether oxygens (including phenoxy) is 1. The zero-order valence-electron chi connectivity index (χ0n) is 23.0. The highest BCUT2D eigenvalue weighted by molar-refractivity contribution is 7.11. The van der Waals surface area contributed by atoms with E-state index in [0.717, 1.165) is 5.56 Å². The van der Waals surface area contributed by atoms with Gasteiger partial charge in [-0.15, -0.1) is 11.3 Å². The minimum Gasteiger partial charge on any atom is -0.445 e. The molecule has 4 N–H and O–H groups in total. The second kappa shape index (κ2) is 14.9. The Bertz CT molecular complexity index is 1230. The molecule has 0 aliphatic rings. The minimum atomic E-state index is -0.941. The number of alkyl carbamates (subject to hydrolysis) is 1. The Kier molecular flexibility index (Phi) is 11.4. The second-order valence-electron chi connectivity index (χ2n) is 10.2. The molecule has 0 aliphatic heterocycles. The van der Waals surface area contributed by atoms with Crippen LogP contribution in [-0.2, 0) is 27.4 Å². The van der Waals surface area contributed by atoms with Crippen LogP contribution in [0.1, 0.15) is 55.2 Å². The Morgan fingerprint density at radius 3 is 2.30 bits per heavy atom. The lowest BCUT2D eigenvalue weighted by Crippen LogP contribution is -2.57. The predicted octanol–water partition coefficient (Wildman–Crippen LogP) is 3.26. The molecule has 0 aliphatic carbocycles. The molecule has 3 aromatic rings. The molecule has 40 heavy (non-hydrogen) atoms. The van der Waals surface area contributed by atoms with Crippen LogP contribution in [0.2, 0.25) is 0 Å². The van der Waals surface area contributed by atoms with E-state index in [9.17, 15) is 19.2 Å². The van der Waals surface area contributed by atoms with Gasteiger partial charge in [-0.25, -0.2) is 14.8 Å². The lowest BCUT2D eigenvalue weighted by Gasteiger charge is -2.27. The van der Waals surface area contributed by atoms with Crippen LogP contribution in [0.3, 0.4) is 0 Å². The number of ketones is 1. The number of amides is 3. The smallest absolute Gasteiger partial charge is 0.408 e. The number of nitrogens with one attached hydrogen (secondary N) is 4. The summed E-state index contributed by atoms with van der Waals surface area (Å²) in [7, 11) is 0. The van der Waals surface area contributed by atoms with Crippen LogP contribution in [0, 0.1) is 11.8 Å². The third-order valence-corrected chi connectivity index (χ3v) is 6.82. The normalized spacial score (nSPS) is 13.3. The Morgan fingerprint density at radius 2 is 1.70 bits per heavy atom. The Morgan fingerprint density at radius 1 is 0.975 bits per heavy atom. The highest BCUT2D eigenvalue weighted by atomic mass is 32.1. The summed E-state index contributed by atoms with van der Waals surface area (Å²) in [4.78, 5) is 63.4. The monoisotopic (exact) mass is 568 g/mol. The standard InChI is InChI=1S/C28H36N6O5S/c1-17(2)12-22(25(36)32-21(13-20-14-29-16-31-20)24(35)27-30-10-11-40-27)33-26(37)23(18(3)4)34-28(38)39-15-19-8-6-5-7-9-19/h5-11,14,16-18,21-23H,12-13,15H2,1-4H3,(H,29,31)(H,32,36)(H,33,37)(H,34,38)/t21-,22-,23-/m1/s1. The predicted molar refractivity (Wildman–Crippen MR) is 150 cm³/mol. The van der Waals surface area contributed by atoms with E-state index in [2.05, 4.69) is 30.9 Å². The van der Waals surface area contributed by atoms with E-state index in [1.54, 1.807) is 25.4 Å². The van der Waals surface area contributed by atoms with Crippen molar-refractivity contribution < 1.29 is 23.9 Å². The van der Waals surface area contributed by atoms with Gasteiger partial charge in [-0.05, 0) is 23.8 Å². The van der Waals surface area contributed by atoms with Crippen molar-refractivity contribution in [2.45, 2.75) is 65.3 Å². The van der Waals surface area contributed by atoms with Crippen LogP contribution < -0.4 is 16.0 Å². The third kappa shape index (κ3) is 9.30. The molecule has 3 rings (SSSR count). The number of aromatic nitrogens is 3. The number of benzene rings is 1. The lowest BCUT2D eigenvalue weighted by molar-refractivity contribution is -0.131. The Hall–Kier alpha value is -4.06. The fraction of sp³-hybridized carbons (Fsp3) is 0.429. The average molecular weight is 569 g/mol. The summed E-state index contributed by atoms with van der Waals surface area (Å²) in [6, 6.07) is 6.39. The van der Waals surface area contributed by atoms with Crippen LogP contribution in [0.15, 0.2) is 54.4 Å². The molecule has 3 atom stereocenters. The number of hydrogen-bond acceptors (Lipinski definition) is 8. The van der Waals surface area contributed by atoms with Gasteiger partial charge in [-0.3, -0.25) is 14.4 Å². The number of hydrogen-bond donors (Lipinski definition) is 4. The fourth-order valence-electron chi connectivity index (χ4n) is 3.98. The molecule has 2 heterocycles. The van der Waals surface area contributed by atoms with Crippen molar-refractivity contribution >= 4 is 35.0 Å². The van der Waals surface area contributed by atoms with Crippen molar-refractivity contribution in [3.05, 3.63) is 70.7 Å². The maximum Gasteiger partial charge on any atom is 0.408 e. The maximum absolute atomic E-state index is 13.5. The molecule has 0 unspecified atom stereocenters. The second-order valence-corrected chi connectivity index (χ2v) is 11.1. The molecule has 0 radical (unpaired) electrons. The quantitative estimate of drug-likeness (QED) is 0.218. The van der Waals surface area contributed by atoms with Crippen molar-refractivity contribution in [2.75, 3.05) is 0 Å². The summed E-state index contributed by atoms with van der Waals surface area (Å²) in [5.41, 5.74) is 1.48. The zero-order valence-corrected chi connectivity index (χ0v) is 23.9. The molecule has 0 fully saturated rings. The van der Waals surface area contributed by atoms with E-state index in [1.807, 2.05) is 44.2 Å². The van der Waals surface area contributed by atoms with E-state index < -0.39 is 36.0 Å². The Labute approximate surface area is 237 Å². The summed E-state index contributed by atoms with van der Waals surface area (Å²) < 4.78 is 5.28. The Balaban J connectivity index is 1.69. The molecule has 214 valence electrons. The summed E-state index contributed by atoms with van der Waals surface area (Å²) in [6.45, 7) is 7.48. The van der Waals surface area contributed by atoms with Gasteiger partial charge in [0.25, 0.3) is 0 Å². The van der Waals surface area contributed by atoms with Gasteiger partial charge in [0, 0.05) is 29.9 Å². The van der Waals surface area contributed by atoms with Crippen LogP contribution in [0.4, 0.5) is 4.79 Å². The highest BCUT2D eigenvalue weighted by Gasteiger charge is 2.32. The minimum absolute atomic E-state index is 0.0538. The summed E-state index contributed by atoms with van der Waals surface area (Å²) in [6.07, 6.45) is 4.36. The van der Waals surface area contributed by atoms with Gasteiger partial charge >= 0.3 is 6.09 Å². The van der Waals surface area contributed by atoms with Crippen molar-refractivity contribution in [3.8, 4) is 0 Å². The molecule has 0 bridgehead atoms. The van der Waals surface area contributed by atoms with Gasteiger partial charge in [0.15, 0.2) is 5.01 Å². The topological polar surface area (TPSA) is 155 Å². The first-order chi connectivity index (χ1) is 19.1. The summed E-state index contributed by atoms with van der Waals surface area (Å²) in [5, 5.41) is 10.2. The fourth-order valence-corrected chi connectivity index (χ4v) is 4.61. The number of carbonyl (C=O) groups is 4. The number of rotatable bonds is 14. The largest absolute Gasteiger partial charge is 0.445 e. The number of carbonyl (C=O) groups excluding carboxylic acids is 4. The van der Waals surface area contributed by atoms with Gasteiger partial charge in [0.05, 0.1) is 6.33 Å². The molecule has 11 nitrogen and oxygen atoms in total. The molecule has 2 aromatic heterocycles. The van der Waals surface area contributed by atoms with Crippen molar-refractivity contribution in [1.29, 1.82) is 0 Å². The summed E-state index contributed by atoms with van der Waals surface area (Å²) >= 11 is 1.18. The van der Waals surface area contributed by atoms with Gasteiger partial charge in [-0.2, -0.15) is 0 Å². The first-order valence-corrected chi connectivity index (χ1v) is 14.0. The molecule has 0 saturated heterocycles. The average Bonchev–Trinajstić information content (AvgIpc) is 3.64. The number of thiazole rings is 1. The maximum atomic E-state index is 13.5. The molecule has 12 heteroatoms. The van der Waals surface area contributed by atoms with Gasteiger partial charge < -0.3 is 25.7 Å². The van der Waals surface area contributed by atoms with Gasteiger partial charge in [0.2, 0.25) is 17.6 Å². The van der Waals surface area contributed by atoms with E-state index >= 15 is 0 Å². The molecule has 3 amide bonds. The van der Waals surface area contributed by atoms with Crippen LogP contribution in [0.25, 0.3) is 0 Å². The number of aromatic amines is 1. The number of imidazole rings is 1. The van der Waals surface area contributed by atoms with Crippen LogP contribution >= 0.6 is 11.3 Å². The summed E-state index contributed by atoms with van der Waals surface area (Å²) in [5.74, 6) is -1.60. The molecular formula is C28H36N6O5S. The van der Waals surface area contributed by atoms with E-state index in [0.29, 0.717) is 12.1 Å². The van der Waals surface area contributed by atoms with Crippen LogP contribution in [0.5, 0.6) is 0 Å². The van der Waals surface area contributed by atoms with Crippen LogP contribution in [-0.4, -0.2) is 56.8 Å². The first kappa shape index (κ1) is 30.5. The molecular weight excluding hydrogens is 532 g/mol. The molecule has 0 spiro atoms. The van der Waals surface area contributed by atoms with Gasteiger partial charge in [0.1, 0.15) is 24.7 Å². The number of H-pyrrole nitrogens is 1. The van der Waals surface area contributed by atoms with E-state index in [-0.39, 0.29) is 35.7 Å².